The van der Waals surface area contributed by atoms with E-state index in [9.17, 15) is 0 Å². The van der Waals surface area contributed by atoms with Crippen molar-refractivity contribution in [3.05, 3.63) is 29.8 Å². The van der Waals surface area contributed by atoms with Crippen molar-refractivity contribution in [2.24, 2.45) is 5.73 Å². The van der Waals surface area contributed by atoms with Gasteiger partial charge in [-0.05, 0) is 37.4 Å². The number of para-hydroxylation sites is 1. The maximum atomic E-state index is 5.03. The van der Waals surface area contributed by atoms with Gasteiger partial charge in [0.15, 0.2) is 0 Å². The molecule has 92 valence electrons. The summed E-state index contributed by atoms with van der Waals surface area (Å²) in [6.45, 7) is 5.10. The molecule has 0 heterocycles. The molecule has 0 aliphatic heterocycles. The topological polar surface area (TPSA) is 38.0 Å². The van der Waals surface area contributed by atoms with Crippen molar-refractivity contribution in [3.8, 4) is 0 Å². The van der Waals surface area contributed by atoms with E-state index in [1.54, 1.807) is 0 Å². The Morgan fingerprint density at radius 3 is 2.25 bits per heavy atom. The van der Waals surface area contributed by atoms with Crippen LogP contribution < -0.4 is 11.1 Å². The molecule has 0 saturated carbocycles. The minimum atomic E-state index is 0.819. The van der Waals surface area contributed by atoms with Crippen LogP contribution >= 0.6 is 0 Å². The van der Waals surface area contributed by atoms with Crippen LogP contribution in [-0.2, 0) is 6.42 Å². The predicted molar refractivity (Wildman–Crippen MR) is 73.9 cm³/mol. The maximum Gasteiger partial charge on any atom is 0.0370 e. The monoisotopic (exact) mass is 222 g/mol. The molecule has 2 nitrogen and oxygen atoms in total. The molecule has 16 heavy (non-hydrogen) atoms. The first-order chi connectivity index (χ1) is 7.79. The van der Waals surface area contributed by atoms with Crippen LogP contribution in [0.5, 0.6) is 0 Å². The van der Waals surface area contributed by atoms with Crippen molar-refractivity contribution in [2.45, 2.75) is 39.5 Å². The molecule has 2 heteroatoms. The second kappa shape index (κ2) is 10.5. The van der Waals surface area contributed by atoms with E-state index in [-0.39, 0.29) is 0 Å². The van der Waals surface area contributed by atoms with E-state index in [0.717, 1.165) is 13.0 Å². The van der Waals surface area contributed by atoms with E-state index in [0.29, 0.717) is 0 Å². The van der Waals surface area contributed by atoms with Gasteiger partial charge in [-0.25, -0.2) is 0 Å². The summed E-state index contributed by atoms with van der Waals surface area (Å²) in [4.78, 5) is 0. The minimum Gasteiger partial charge on any atom is -0.388 e. The lowest BCUT2D eigenvalue weighted by atomic mass is 10.1. The Morgan fingerprint density at radius 2 is 1.75 bits per heavy atom. The second-order valence-corrected chi connectivity index (χ2v) is 3.80. The third-order valence-corrected chi connectivity index (χ3v) is 2.38. The molecule has 0 aliphatic carbocycles. The summed E-state index contributed by atoms with van der Waals surface area (Å²) >= 11 is 0. The van der Waals surface area contributed by atoms with Gasteiger partial charge in [0.05, 0.1) is 0 Å². The molecular weight excluding hydrogens is 196 g/mol. The van der Waals surface area contributed by atoms with Crippen LogP contribution in [0.15, 0.2) is 24.3 Å². The molecule has 1 aromatic rings. The molecule has 0 unspecified atom stereocenters. The second-order valence-electron chi connectivity index (χ2n) is 3.80. The summed E-state index contributed by atoms with van der Waals surface area (Å²) in [5.41, 5.74) is 7.73. The van der Waals surface area contributed by atoms with Crippen molar-refractivity contribution >= 4 is 5.69 Å². The lowest BCUT2D eigenvalue weighted by Gasteiger charge is -2.07. The number of nitrogens with two attached hydrogens (primary N) is 1. The molecule has 1 aromatic carbocycles. The van der Waals surface area contributed by atoms with Gasteiger partial charge in [0.1, 0.15) is 0 Å². The van der Waals surface area contributed by atoms with Gasteiger partial charge in [-0.3, -0.25) is 0 Å². The molecule has 0 spiro atoms. The van der Waals surface area contributed by atoms with Crippen LogP contribution in [0, 0.1) is 0 Å². The average Bonchev–Trinajstić information content (AvgIpc) is 2.37. The molecule has 0 saturated heterocycles. The Bertz CT molecular complexity index is 257. The van der Waals surface area contributed by atoms with Crippen molar-refractivity contribution in [3.63, 3.8) is 0 Å². The van der Waals surface area contributed by atoms with Gasteiger partial charge in [-0.2, -0.15) is 0 Å². The highest BCUT2D eigenvalue weighted by Gasteiger charge is 1.97. The molecule has 0 atom stereocenters. The molecular formula is C14H26N2. The fourth-order valence-corrected chi connectivity index (χ4v) is 1.35. The normalized spacial score (nSPS) is 9.25. The summed E-state index contributed by atoms with van der Waals surface area (Å²) in [5.74, 6) is 0. The number of rotatable bonds is 5. The number of hydrogen-bond donors (Lipinski definition) is 2. The van der Waals surface area contributed by atoms with Gasteiger partial charge in [0, 0.05) is 12.7 Å². The van der Waals surface area contributed by atoms with Crippen LogP contribution in [0.1, 0.15) is 38.7 Å². The standard InChI is InChI=1S/C11H17N.C3H9N/c1-3-4-7-10-8-5-6-9-11(10)12-2;1-2-3-4/h5-6,8-9,12H,3-4,7H2,1-2H3;2-4H2,1H3. The Kier molecular flexibility index (Phi) is 9.83. The Morgan fingerprint density at radius 1 is 1.12 bits per heavy atom. The first-order valence-corrected chi connectivity index (χ1v) is 6.25. The Balaban J connectivity index is 0.000000487. The van der Waals surface area contributed by atoms with Crippen LogP contribution in [0.25, 0.3) is 0 Å². The smallest absolute Gasteiger partial charge is 0.0370 e. The molecule has 3 N–H and O–H groups in total. The molecule has 0 bridgehead atoms. The highest BCUT2D eigenvalue weighted by Crippen LogP contribution is 2.16. The number of nitrogens with one attached hydrogen (secondary N) is 1. The first kappa shape index (κ1) is 15.0. The third-order valence-electron chi connectivity index (χ3n) is 2.38. The van der Waals surface area contributed by atoms with Crippen molar-refractivity contribution in [1.82, 2.24) is 0 Å². The SMILES string of the molecule is CCCCc1ccccc1NC.CCCN. The molecule has 0 aliphatic rings. The molecule has 0 aromatic heterocycles. The van der Waals surface area contributed by atoms with E-state index in [1.165, 1.54) is 30.5 Å². The summed E-state index contributed by atoms with van der Waals surface area (Å²) in [7, 11) is 1.98. The fourth-order valence-electron chi connectivity index (χ4n) is 1.35. The molecule has 0 radical (unpaired) electrons. The van der Waals surface area contributed by atoms with Crippen LogP contribution in [0.4, 0.5) is 5.69 Å². The molecule has 0 fully saturated rings. The number of hydrogen-bond acceptors (Lipinski definition) is 2. The van der Waals surface area contributed by atoms with Gasteiger partial charge in [0.2, 0.25) is 0 Å². The van der Waals surface area contributed by atoms with Gasteiger partial charge in [-0.15, -0.1) is 0 Å². The Hall–Kier alpha value is -1.02. The molecule has 0 amide bonds. The van der Waals surface area contributed by atoms with Crippen molar-refractivity contribution in [1.29, 1.82) is 0 Å². The minimum absolute atomic E-state index is 0.819. The van der Waals surface area contributed by atoms with Crippen molar-refractivity contribution in [2.75, 3.05) is 18.9 Å². The van der Waals surface area contributed by atoms with Crippen LogP contribution in [0.3, 0.4) is 0 Å². The zero-order valence-electron chi connectivity index (χ0n) is 10.9. The van der Waals surface area contributed by atoms with Gasteiger partial charge in [-0.1, -0.05) is 38.5 Å². The average molecular weight is 222 g/mol. The van der Waals surface area contributed by atoms with Crippen LogP contribution in [-0.4, -0.2) is 13.6 Å². The highest BCUT2D eigenvalue weighted by molar-refractivity contribution is 5.50. The lowest BCUT2D eigenvalue weighted by Crippen LogP contribution is -1.94. The quantitative estimate of drug-likeness (QED) is 0.801. The largest absolute Gasteiger partial charge is 0.388 e. The number of aryl methyl sites for hydroxylation is 1. The van der Waals surface area contributed by atoms with E-state index in [1.807, 2.05) is 7.05 Å². The van der Waals surface area contributed by atoms with Crippen molar-refractivity contribution < 1.29 is 0 Å². The predicted octanol–water partition coefficient (Wildman–Crippen LogP) is 3.43. The third kappa shape index (κ3) is 6.46. The van der Waals surface area contributed by atoms with E-state index in [4.69, 9.17) is 5.73 Å². The molecule has 1 rings (SSSR count). The lowest BCUT2D eigenvalue weighted by molar-refractivity contribution is 0.796. The number of benzene rings is 1. The Labute approximate surface area is 100 Å². The maximum absolute atomic E-state index is 5.03. The summed E-state index contributed by atoms with van der Waals surface area (Å²) in [6, 6.07) is 8.50. The van der Waals surface area contributed by atoms with E-state index < -0.39 is 0 Å². The summed E-state index contributed by atoms with van der Waals surface area (Å²) in [6.07, 6.45) is 4.82. The van der Waals surface area contributed by atoms with E-state index >= 15 is 0 Å². The highest BCUT2D eigenvalue weighted by atomic mass is 14.8. The summed E-state index contributed by atoms with van der Waals surface area (Å²) < 4.78 is 0. The number of unbranched alkanes of at least 4 members (excludes halogenated alkanes) is 1. The van der Waals surface area contributed by atoms with Gasteiger partial charge in [0.25, 0.3) is 0 Å². The zero-order chi connectivity index (χ0) is 12.2. The van der Waals surface area contributed by atoms with Crippen LogP contribution in [0.2, 0.25) is 0 Å². The first-order valence-electron chi connectivity index (χ1n) is 6.25. The number of anilines is 1. The summed E-state index contributed by atoms with van der Waals surface area (Å²) in [5, 5.41) is 3.20. The van der Waals surface area contributed by atoms with Gasteiger partial charge >= 0.3 is 0 Å². The van der Waals surface area contributed by atoms with Gasteiger partial charge < -0.3 is 11.1 Å². The fraction of sp³-hybridized carbons (Fsp3) is 0.571. The zero-order valence-corrected chi connectivity index (χ0v) is 10.9. The van der Waals surface area contributed by atoms with E-state index in [2.05, 4.69) is 43.4 Å².